The molecule has 1 atom stereocenters. The lowest BCUT2D eigenvalue weighted by Gasteiger charge is -2.18. The van der Waals surface area contributed by atoms with Gasteiger partial charge in [-0.05, 0) is 13.0 Å². The van der Waals surface area contributed by atoms with Crippen LogP contribution in [-0.2, 0) is 4.74 Å². The Morgan fingerprint density at radius 3 is 2.38 bits per heavy atom. The van der Waals surface area contributed by atoms with Crippen LogP contribution in [0, 0.1) is 0 Å². The zero-order chi connectivity index (χ0) is 10.3. The molecule has 0 aliphatic rings. The maximum absolute atomic E-state index is 12.0. The molecule has 0 spiro atoms. The molecule has 1 unspecified atom stereocenters. The molecule has 0 aliphatic carbocycles. The van der Waals surface area contributed by atoms with Crippen molar-refractivity contribution in [2.45, 2.75) is 32.0 Å². The zero-order valence-electron chi connectivity index (χ0n) is 7.95. The molecule has 0 heterocycles. The van der Waals surface area contributed by atoms with Gasteiger partial charge in [0.15, 0.2) is 0 Å². The second-order valence-electron chi connectivity index (χ2n) is 2.86. The molecule has 0 amide bonds. The first-order chi connectivity index (χ1) is 5.99. The van der Waals surface area contributed by atoms with Gasteiger partial charge in [-0.2, -0.15) is 13.2 Å². The lowest BCUT2D eigenvalue weighted by molar-refractivity contribution is -0.140. The summed E-state index contributed by atoms with van der Waals surface area (Å²) >= 11 is 0. The van der Waals surface area contributed by atoms with E-state index in [2.05, 4.69) is 5.32 Å². The fraction of sp³-hybridized carbons (Fsp3) is 1.00. The Morgan fingerprint density at radius 2 is 2.00 bits per heavy atom. The van der Waals surface area contributed by atoms with Crippen LogP contribution in [0.4, 0.5) is 13.2 Å². The van der Waals surface area contributed by atoms with Crippen molar-refractivity contribution >= 4 is 0 Å². The van der Waals surface area contributed by atoms with Crippen LogP contribution in [0.1, 0.15) is 19.8 Å². The molecule has 0 bridgehead atoms. The second-order valence-corrected chi connectivity index (χ2v) is 2.86. The SMILES string of the molecule is CCNC(CCOC)CC(F)(F)F. The number of hydrogen-bond acceptors (Lipinski definition) is 2. The summed E-state index contributed by atoms with van der Waals surface area (Å²) in [6, 6.07) is -0.523. The molecule has 0 saturated carbocycles. The van der Waals surface area contributed by atoms with Crippen LogP contribution >= 0.6 is 0 Å². The van der Waals surface area contributed by atoms with Gasteiger partial charge in [-0.15, -0.1) is 0 Å². The Labute approximate surface area is 76.5 Å². The highest BCUT2D eigenvalue weighted by atomic mass is 19.4. The quantitative estimate of drug-likeness (QED) is 0.706. The van der Waals surface area contributed by atoms with Crippen molar-refractivity contribution in [2.24, 2.45) is 0 Å². The van der Waals surface area contributed by atoms with Crippen LogP contribution in [0.15, 0.2) is 0 Å². The molecule has 0 rings (SSSR count). The average molecular weight is 199 g/mol. The van der Waals surface area contributed by atoms with Crippen molar-refractivity contribution in [2.75, 3.05) is 20.3 Å². The second kappa shape index (κ2) is 6.21. The Kier molecular flexibility index (Phi) is 6.07. The van der Waals surface area contributed by atoms with Gasteiger partial charge >= 0.3 is 6.18 Å². The summed E-state index contributed by atoms with van der Waals surface area (Å²) in [7, 11) is 1.48. The van der Waals surface area contributed by atoms with E-state index in [0.717, 1.165) is 0 Å². The van der Waals surface area contributed by atoms with Crippen LogP contribution in [-0.4, -0.2) is 32.5 Å². The van der Waals surface area contributed by atoms with E-state index in [1.807, 2.05) is 0 Å². The Hall–Kier alpha value is -0.290. The molecule has 5 heteroatoms. The smallest absolute Gasteiger partial charge is 0.385 e. The van der Waals surface area contributed by atoms with Crippen LogP contribution < -0.4 is 5.32 Å². The Morgan fingerprint density at radius 1 is 1.38 bits per heavy atom. The highest BCUT2D eigenvalue weighted by Crippen LogP contribution is 2.22. The predicted octanol–water partition coefficient (Wildman–Crippen LogP) is 1.95. The summed E-state index contributed by atoms with van der Waals surface area (Å²) in [5.74, 6) is 0. The molecular weight excluding hydrogens is 183 g/mol. The maximum Gasteiger partial charge on any atom is 0.390 e. The minimum Gasteiger partial charge on any atom is -0.385 e. The van der Waals surface area contributed by atoms with E-state index in [0.29, 0.717) is 19.6 Å². The topological polar surface area (TPSA) is 21.3 Å². The van der Waals surface area contributed by atoms with E-state index >= 15 is 0 Å². The summed E-state index contributed by atoms with van der Waals surface area (Å²) in [6.07, 6.45) is -4.49. The first-order valence-corrected chi connectivity index (χ1v) is 4.28. The summed E-state index contributed by atoms with van der Waals surface area (Å²) in [4.78, 5) is 0. The third kappa shape index (κ3) is 8.05. The van der Waals surface area contributed by atoms with Crippen molar-refractivity contribution in [1.29, 1.82) is 0 Å². The van der Waals surface area contributed by atoms with Gasteiger partial charge in [-0.1, -0.05) is 6.92 Å². The predicted molar refractivity (Wildman–Crippen MR) is 44.6 cm³/mol. The van der Waals surface area contributed by atoms with E-state index in [9.17, 15) is 13.2 Å². The zero-order valence-corrected chi connectivity index (χ0v) is 7.95. The van der Waals surface area contributed by atoms with Crippen molar-refractivity contribution in [3.05, 3.63) is 0 Å². The minimum atomic E-state index is -4.10. The van der Waals surface area contributed by atoms with Gasteiger partial charge in [0.2, 0.25) is 0 Å². The van der Waals surface area contributed by atoms with Gasteiger partial charge in [-0.25, -0.2) is 0 Å². The van der Waals surface area contributed by atoms with Crippen LogP contribution in [0.5, 0.6) is 0 Å². The van der Waals surface area contributed by atoms with Gasteiger partial charge < -0.3 is 10.1 Å². The van der Waals surface area contributed by atoms with Crippen molar-refractivity contribution in [3.63, 3.8) is 0 Å². The fourth-order valence-electron chi connectivity index (χ4n) is 1.10. The van der Waals surface area contributed by atoms with E-state index in [4.69, 9.17) is 4.74 Å². The van der Waals surface area contributed by atoms with Crippen LogP contribution in [0.2, 0.25) is 0 Å². The molecular formula is C8H16F3NO. The van der Waals surface area contributed by atoms with Gasteiger partial charge in [0.05, 0.1) is 6.42 Å². The van der Waals surface area contributed by atoms with Crippen LogP contribution in [0.3, 0.4) is 0 Å². The highest BCUT2D eigenvalue weighted by molar-refractivity contribution is 4.69. The monoisotopic (exact) mass is 199 g/mol. The first-order valence-electron chi connectivity index (χ1n) is 4.28. The molecule has 0 aromatic heterocycles. The van der Waals surface area contributed by atoms with Crippen LogP contribution in [0.25, 0.3) is 0 Å². The molecule has 0 saturated heterocycles. The van der Waals surface area contributed by atoms with Crippen molar-refractivity contribution in [1.82, 2.24) is 5.32 Å². The number of methoxy groups -OCH3 is 1. The first kappa shape index (κ1) is 12.7. The minimum absolute atomic E-state index is 0.355. The molecule has 0 aromatic carbocycles. The molecule has 0 radical (unpaired) electrons. The largest absolute Gasteiger partial charge is 0.390 e. The fourth-order valence-corrected chi connectivity index (χ4v) is 1.10. The third-order valence-corrected chi connectivity index (χ3v) is 1.64. The lowest BCUT2D eigenvalue weighted by atomic mass is 10.1. The van der Waals surface area contributed by atoms with Crippen molar-refractivity contribution < 1.29 is 17.9 Å². The molecule has 1 N–H and O–H groups in total. The third-order valence-electron chi connectivity index (χ3n) is 1.64. The number of halogens is 3. The van der Waals surface area contributed by atoms with E-state index in [-0.39, 0.29) is 0 Å². The van der Waals surface area contributed by atoms with E-state index in [1.165, 1.54) is 7.11 Å². The molecule has 80 valence electrons. The number of ether oxygens (including phenoxy) is 1. The number of rotatable bonds is 6. The van der Waals surface area contributed by atoms with E-state index in [1.54, 1.807) is 6.92 Å². The Balaban J connectivity index is 3.79. The summed E-state index contributed by atoms with van der Waals surface area (Å²) < 4.78 is 40.7. The molecule has 0 fully saturated rings. The summed E-state index contributed by atoms with van der Waals surface area (Å²) in [5.41, 5.74) is 0. The Bertz CT molecular complexity index is 127. The summed E-state index contributed by atoms with van der Waals surface area (Å²) in [5, 5.41) is 2.77. The number of alkyl halides is 3. The lowest BCUT2D eigenvalue weighted by Crippen LogP contribution is -2.34. The van der Waals surface area contributed by atoms with Gasteiger partial charge in [0.1, 0.15) is 0 Å². The number of hydrogen-bond donors (Lipinski definition) is 1. The standard InChI is InChI=1S/C8H16F3NO/c1-3-12-7(4-5-13-2)6-8(9,10)11/h7,12H,3-6H2,1-2H3. The number of nitrogens with one attached hydrogen (secondary N) is 1. The van der Waals surface area contributed by atoms with Gasteiger partial charge in [-0.3, -0.25) is 0 Å². The highest BCUT2D eigenvalue weighted by Gasteiger charge is 2.31. The molecule has 0 aliphatic heterocycles. The van der Waals surface area contributed by atoms with Crippen molar-refractivity contribution in [3.8, 4) is 0 Å². The molecule has 2 nitrogen and oxygen atoms in total. The molecule has 0 aromatic rings. The summed E-state index contributed by atoms with van der Waals surface area (Å²) in [6.45, 7) is 2.69. The van der Waals surface area contributed by atoms with E-state index < -0.39 is 18.6 Å². The maximum atomic E-state index is 12.0. The molecule has 13 heavy (non-hydrogen) atoms. The average Bonchev–Trinajstić information content (AvgIpc) is 1.98. The van der Waals surface area contributed by atoms with Gasteiger partial charge in [0.25, 0.3) is 0 Å². The normalized spacial score (nSPS) is 14.5. The van der Waals surface area contributed by atoms with Gasteiger partial charge in [0, 0.05) is 19.8 Å².